The van der Waals surface area contributed by atoms with E-state index in [1.807, 2.05) is 6.92 Å². The molecule has 0 saturated heterocycles. The summed E-state index contributed by atoms with van der Waals surface area (Å²) in [6.07, 6.45) is 0.0203. The normalized spacial score (nSPS) is 11.4. The van der Waals surface area contributed by atoms with E-state index < -0.39 is 17.7 Å². The number of carboxylic acid groups (broad SMARTS) is 1. The fourth-order valence-corrected chi connectivity index (χ4v) is 4.21. The molecule has 0 unspecified atom stereocenters. The molecule has 0 amide bonds. The molecule has 0 aliphatic rings. The SMILES string of the molecule is CCOC(=O)c1ccc(C/C(C(=O)c2ccc(C)cc2)=C(\C(=O)[O-])c2ccc3nsnc3c2)cc1.[Na+]. The number of nitrogens with zero attached hydrogens (tertiary/aromatic N) is 2. The first-order valence-electron chi connectivity index (χ1n) is 10.9. The molecule has 3 aromatic carbocycles. The van der Waals surface area contributed by atoms with Crippen LogP contribution >= 0.6 is 11.7 Å². The summed E-state index contributed by atoms with van der Waals surface area (Å²) in [6.45, 7) is 3.88. The fourth-order valence-electron chi connectivity index (χ4n) is 3.69. The Morgan fingerprint density at radius 3 is 2.11 bits per heavy atom. The standard InChI is InChI=1S/C27H22N2O5S.Na/c1-3-34-27(33)19-10-6-17(7-11-19)14-21(25(30)18-8-4-16(2)5-9-18)24(26(31)32)20-12-13-22-23(15-20)29-35-28-22;/h4-13,15H,3,14H2,1-2H3,(H,31,32);/q;+1/p-1/b24-21+;. The van der Waals surface area contributed by atoms with Crippen LogP contribution in [0.25, 0.3) is 16.6 Å². The molecule has 0 radical (unpaired) electrons. The molecule has 9 heteroatoms. The summed E-state index contributed by atoms with van der Waals surface area (Å²) in [5.41, 5.74) is 3.71. The second-order valence-corrected chi connectivity index (χ2v) is 8.43. The molecule has 1 aromatic heterocycles. The molecule has 0 bridgehead atoms. The molecular weight excluding hydrogens is 487 g/mol. The summed E-state index contributed by atoms with van der Waals surface area (Å²) < 4.78 is 13.3. The first kappa shape index (κ1) is 27.4. The Bertz CT molecular complexity index is 1440. The quantitative estimate of drug-likeness (QED) is 0.150. The van der Waals surface area contributed by atoms with Gasteiger partial charge in [0.25, 0.3) is 0 Å². The van der Waals surface area contributed by atoms with Crippen LogP contribution in [0.15, 0.2) is 72.3 Å². The number of Topliss-reactive ketones (excluding diaryl/α,β-unsaturated/α-hetero) is 1. The summed E-state index contributed by atoms with van der Waals surface area (Å²) in [5.74, 6) is -2.34. The molecule has 0 spiro atoms. The summed E-state index contributed by atoms with van der Waals surface area (Å²) in [4.78, 5) is 38.0. The van der Waals surface area contributed by atoms with Crippen molar-refractivity contribution in [3.63, 3.8) is 0 Å². The molecule has 7 nitrogen and oxygen atoms in total. The van der Waals surface area contributed by atoms with Crippen molar-refractivity contribution in [2.24, 2.45) is 0 Å². The fraction of sp³-hybridized carbons (Fsp3) is 0.148. The van der Waals surface area contributed by atoms with Gasteiger partial charge in [0, 0.05) is 23.1 Å². The van der Waals surface area contributed by atoms with Crippen LogP contribution in [-0.2, 0) is 16.0 Å². The summed E-state index contributed by atoms with van der Waals surface area (Å²) in [6, 6.07) is 18.3. The van der Waals surface area contributed by atoms with Gasteiger partial charge < -0.3 is 14.6 Å². The first-order valence-corrected chi connectivity index (χ1v) is 11.6. The third-order valence-corrected chi connectivity index (χ3v) is 6.04. The molecule has 36 heavy (non-hydrogen) atoms. The number of carbonyl (C=O) groups excluding carboxylic acids is 3. The van der Waals surface area contributed by atoms with Gasteiger partial charge in [0.05, 0.1) is 29.9 Å². The number of carboxylic acids is 1. The molecule has 0 N–H and O–H groups in total. The Kier molecular flexibility index (Phi) is 9.28. The van der Waals surface area contributed by atoms with Gasteiger partial charge in [-0.15, -0.1) is 0 Å². The maximum Gasteiger partial charge on any atom is 1.00 e. The van der Waals surface area contributed by atoms with Crippen LogP contribution in [0.2, 0.25) is 0 Å². The van der Waals surface area contributed by atoms with Crippen LogP contribution in [0, 0.1) is 6.92 Å². The van der Waals surface area contributed by atoms with Gasteiger partial charge >= 0.3 is 35.5 Å². The van der Waals surface area contributed by atoms with Gasteiger partial charge in [0.15, 0.2) is 5.78 Å². The maximum atomic E-state index is 13.6. The van der Waals surface area contributed by atoms with Gasteiger partial charge in [-0.3, -0.25) is 4.79 Å². The average Bonchev–Trinajstić information content (AvgIpc) is 3.32. The van der Waals surface area contributed by atoms with Crippen LogP contribution in [0.1, 0.15) is 44.3 Å². The van der Waals surface area contributed by atoms with E-state index in [-0.39, 0.29) is 53.7 Å². The molecule has 0 saturated carbocycles. The third kappa shape index (κ3) is 6.14. The van der Waals surface area contributed by atoms with E-state index in [1.165, 1.54) is 0 Å². The number of rotatable bonds is 8. The number of carbonyl (C=O) groups is 3. The van der Waals surface area contributed by atoms with E-state index in [9.17, 15) is 19.5 Å². The minimum Gasteiger partial charge on any atom is -0.545 e. The topological polar surface area (TPSA) is 109 Å². The number of fused-ring (bicyclic) bond motifs is 1. The van der Waals surface area contributed by atoms with Crippen molar-refractivity contribution in [1.82, 2.24) is 8.75 Å². The monoisotopic (exact) mass is 508 g/mol. The van der Waals surface area contributed by atoms with Crippen molar-refractivity contribution in [3.05, 3.63) is 100 Å². The van der Waals surface area contributed by atoms with Crippen molar-refractivity contribution in [2.45, 2.75) is 20.3 Å². The van der Waals surface area contributed by atoms with Crippen LogP contribution in [0.3, 0.4) is 0 Å². The van der Waals surface area contributed by atoms with Crippen LogP contribution < -0.4 is 34.7 Å². The molecule has 4 rings (SSSR count). The molecular formula is C27H21N2NaO5S. The number of aryl methyl sites for hydroxylation is 1. The van der Waals surface area contributed by atoms with Crippen LogP contribution in [0.4, 0.5) is 0 Å². The summed E-state index contributed by atoms with van der Waals surface area (Å²) >= 11 is 1.02. The Balaban J connectivity index is 0.00000361. The van der Waals surface area contributed by atoms with E-state index in [4.69, 9.17) is 4.74 Å². The van der Waals surface area contributed by atoms with Gasteiger partial charge in [-0.2, -0.15) is 8.75 Å². The number of hydrogen-bond acceptors (Lipinski definition) is 8. The largest absolute Gasteiger partial charge is 1.00 e. The number of aromatic nitrogens is 2. The average molecular weight is 509 g/mol. The second-order valence-electron chi connectivity index (χ2n) is 7.90. The first-order chi connectivity index (χ1) is 16.9. The predicted octanol–water partition coefficient (Wildman–Crippen LogP) is 0.810. The number of hydrogen-bond donors (Lipinski definition) is 0. The second kappa shape index (κ2) is 12.2. The number of esters is 1. The molecule has 0 aliphatic heterocycles. The number of aliphatic carboxylic acids is 1. The van der Waals surface area contributed by atoms with Crippen LogP contribution in [0.5, 0.6) is 0 Å². The number of ether oxygens (including phenoxy) is 1. The minimum atomic E-state index is -1.47. The van der Waals surface area contributed by atoms with Crippen molar-refractivity contribution >= 4 is 46.1 Å². The Labute approximate surface area is 234 Å². The zero-order valence-corrected chi connectivity index (χ0v) is 22.9. The van der Waals surface area contributed by atoms with E-state index in [2.05, 4.69) is 8.75 Å². The molecule has 0 atom stereocenters. The van der Waals surface area contributed by atoms with Crippen molar-refractivity contribution in [2.75, 3.05) is 6.61 Å². The third-order valence-electron chi connectivity index (χ3n) is 5.48. The van der Waals surface area contributed by atoms with Gasteiger partial charge in [0.2, 0.25) is 0 Å². The Morgan fingerprint density at radius 2 is 1.47 bits per heavy atom. The van der Waals surface area contributed by atoms with E-state index in [1.54, 1.807) is 73.7 Å². The summed E-state index contributed by atoms with van der Waals surface area (Å²) in [7, 11) is 0. The maximum absolute atomic E-state index is 13.6. The molecule has 176 valence electrons. The molecule has 0 fully saturated rings. The Morgan fingerprint density at radius 1 is 0.861 bits per heavy atom. The van der Waals surface area contributed by atoms with Crippen molar-refractivity contribution in [3.8, 4) is 0 Å². The number of ketones is 1. The number of benzene rings is 3. The molecule has 4 aromatic rings. The zero-order chi connectivity index (χ0) is 24.9. The van der Waals surface area contributed by atoms with Gasteiger partial charge in [-0.25, -0.2) is 4.79 Å². The van der Waals surface area contributed by atoms with Gasteiger partial charge in [-0.05, 0) is 49.2 Å². The van der Waals surface area contributed by atoms with Gasteiger partial charge in [0.1, 0.15) is 11.0 Å². The minimum absolute atomic E-state index is 0. The van der Waals surface area contributed by atoms with E-state index in [0.29, 0.717) is 33.3 Å². The summed E-state index contributed by atoms with van der Waals surface area (Å²) in [5, 5.41) is 12.4. The van der Waals surface area contributed by atoms with Crippen molar-refractivity contribution < 1.29 is 53.8 Å². The van der Waals surface area contributed by atoms with Gasteiger partial charge in [-0.1, -0.05) is 48.0 Å². The molecule has 1 heterocycles. The van der Waals surface area contributed by atoms with Crippen LogP contribution in [-0.4, -0.2) is 33.1 Å². The smallest absolute Gasteiger partial charge is 0.545 e. The van der Waals surface area contributed by atoms with Crippen molar-refractivity contribution in [1.29, 1.82) is 0 Å². The van der Waals surface area contributed by atoms with E-state index in [0.717, 1.165) is 17.3 Å². The number of allylic oxidation sites excluding steroid dienone is 1. The Hall–Kier alpha value is -3.17. The zero-order valence-electron chi connectivity index (χ0n) is 20.1. The molecule has 0 aliphatic carbocycles. The van der Waals surface area contributed by atoms with E-state index >= 15 is 0 Å². The predicted molar refractivity (Wildman–Crippen MR) is 131 cm³/mol.